The molecule has 0 radical (unpaired) electrons. The second-order valence-corrected chi connectivity index (χ2v) is 10.1. The molecule has 1 heterocycles. The number of hydrogen-bond acceptors (Lipinski definition) is 4. The maximum atomic E-state index is 13.2. The van der Waals surface area contributed by atoms with Gasteiger partial charge in [-0.2, -0.15) is 0 Å². The molecule has 1 aromatic rings. The van der Waals surface area contributed by atoms with Crippen molar-refractivity contribution in [2.45, 2.75) is 71.5 Å². The van der Waals surface area contributed by atoms with Crippen molar-refractivity contribution in [1.29, 1.82) is 0 Å². The summed E-state index contributed by atoms with van der Waals surface area (Å²) in [6.07, 6.45) is 4.39. The third-order valence-corrected chi connectivity index (χ3v) is 6.04. The number of carbonyl (C=O) groups excluding carboxylic acids is 2. The van der Waals surface area contributed by atoms with Crippen molar-refractivity contribution in [3.8, 4) is 0 Å². The summed E-state index contributed by atoms with van der Waals surface area (Å²) in [4.78, 5) is 29.4. The van der Waals surface area contributed by atoms with Gasteiger partial charge in [0.2, 0.25) is 5.91 Å². The lowest BCUT2D eigenvalue weighted by molar-refractivity contribution is -0.137. The molecule has 172 valence electrons. The monoisotopic (exact) mass is 430 g/mol. The molecule has 0 unspecified atom stereocenters. The van der Waals surface area contributed by atoms with Gasteiger partial charge in [-0.15, -0.1) is 0 Å². The average Bonchev–Trinajstić information content (AvgIpc) is 2.73. The number of anilines is 1. The Morgan fingerprint density at radius 3 is 2.29 bits per heavy atom. The van der Waals surface area contributed by atoms with Gasteiger partial charge >= 0.3 is 6.03 Å². The highest BCUT2D eigenvalue weighted by molar-refractivity contribution is 5.89. The molecule has 1 saturated carbocycles. The highest BCUT2D eigenvalue weighted by Crippen LogP contribution is 2.28. The van der Waals surface area contributed by atoms with Gasteiger partial charge in [-0.05, 0) is 48.8 Å². The minimum Gasteiger partial charge on any atom is -0.378 e. The molecule has 0 atom stereocenters. The lowest BCUT2D eigenvalue weighted by Crippen LogP contribution is -2.44. The third kappa shape index (κ3) is 7.21. The number of amides is 3. The second-order valence-electron chi connectivity index (χ2n) is 10.1. The fourth-order valence-corrected chi connectivity index (χ4v) is 4.25. The van der Waals surface area contributed by atoms with Gasteiger partial charge in [0.1, 0.15) is 0 Å². The molecule has 2 fully saturated rings. The van der Waals surface area contributed by atoms with Crippen molar-refractivity contribution < 1.29 is 14.3 Å². The zero-order chi connectivity index (χ0) is 22.4. The number of benzene rings is 1. The first-order valence-corrected chi connectivity index (χ1v) is 11.5. The number of urea groups is 1. The first-order chi connectivity index (χ1) is 14.7. The van der Waals surface area contributed by atoms with Gasteiger partial charge in [-0.3, -0.25) is 4.79 Å². The first kappa shape index (κ1) is 23.5. The van der Waals surface area contributed by atoms with Gasteiger partial charge in [0.25, 0.3) is 0 Å². The van der Waals surface area contributed by atoms with Crippen molar-refractivity contribution >= 4 is 17.6 Å². The van der Waals surface area contributed by atoms with Crippen LogP contribution in [0.3, 0.4) is 0 Å². The zero-order valence-electron chi connectivity index (χ0n) is 19.2. The van der Waals surface area contributed by atoms with Crippen LogP contribution in [0, 0.1) is 5.41 Å². The molecular weight excluding hydrogens is 392 g/mol. The van der Waals surface area contributed by atoms with Crippen LogP contribution in [0.5, 0.6) is 0 Å². The van der Waals surface area contributed by atoms with Crippen molar-refractivity contribution in [2.75, 3.05) is 31.6 Å². The van der Waals surface area contributed by atoms with E-state index in [0.717, 1.165) is 36.9 Å². The molecule has 1 saturated heterocycles. The predicted octanol–water partition coefficient (Wildman–Crippen LogP) is 3.59. The van der Waals surface area contributed by atoms with E-state index in [9.17, 15) is 9.59 Å². The number of morpholine rings is 1. The molecular formula is C24H38N4O3. The summed E-state index contributed by atoms with van der Waals surface area (Å²) in [5.41, 5.74) is 7.87. The van der Waals surface area contributed by atoms with E-state index in [1.165, 1.54) is 0 Å². The van der Waals surface area contributed by atoms with E-state index < -0.39 is 0 Å². The average molecular weight is 431 g/mol. The Labute approximate surface area is 186 Å². The fourth-order valence-electron chi connectivity index (χ4n) is 4.25. The molecule has 3 rings (SSSR count). The van der Waals surface area contributed by atoms with Gasteiger partial charge in [0, 0.05) is 43.8 Å². The summed E-state index contributed by atoms with van der Waals surface area (Å²) in [5.74, 6) is 0.206. The maximum Gasteiger partial charge on any atom is 0.321 e. The van der Waals surface area contributed by atoms with Gasteiger partial charge in [0.05, 0.1) is 13.2 Å². The van der Waals surface area contributed by atoms with Crippen molar-refractivity contribution in [1.82, 2.24) is 9.80 Å². The van der Waals surface area contributed by atoms with Crippen LogP contribution in [0.4, 0.5) is 10.5 Å². The van der Waals surface area contributed by atoms with Gasteiger partial charge in [-0.25, -0.2) is 4.79 Å². The Bertz CT molecular complexity index is 730. The summed E-state index contributed by atoms with van der Waals surface area (Å²) in [7, 11) is 0. The van der Waals surface area contributed by atoms with Gasteiger partial charge in [-0.1, -0.05) is 32.9 Å². The van der Waals surface area contributed by atoms with E-state index in [0.29, 0.717) is 39.3 Å². The summed E-state index contributed by atoms with van der Waals surface area (Å²) >= 11 is 0. The highest BCUT2D eigenvalue weighted by atomic mass is 16.5. The molecule has 0 bridgehead atoms. The first-order valence-electron chi connectivity index (χ1n) is 11.5. The molecule has 0 aromatic heterocycles. The Balaban J connectivity index is 1.64. The molecule has 7 nitrogen and oxygen atoms in total. The van der Waals surface area contributed by atoms with E-state index in [2.05, 4.69) is 31.0 Å². The lowest BCUT2D eigenvalue weighted by atomic mass is 9.88. The van der Waals surface area contributed by atoms with Crippen LogP contribution >= 0.6 is 0 Å². The summed E-state index contributed by atoms with van der Waals surface area (Å²) in [6, 6.07) is 8.23. The van der Waals surface area contributed by atoms with E-state index in [1.54, 1.807) is 4.90 Å². The quantitative estimate of drug-likeness (QED) is 0.747. The fraction of sp³-hybridized carbons (Fsp3) is 0.667. The smallest absolute Gasteiger partial charge is 0.321 e. The number of nitrogens with one attached hydrogen (secondary N) is 1. The zero-order valence-corrected chi connectivity index (χ0v) is 19.2. The second kappa shape index (κ2) is 10.5. The van der Waals surface area contributed by atoms with Gasteiger partial charge < -0.3 is 25.6 Å². The summed E-state index contributed by atoms with van der Waals surface area (Å²) in [6.45, 7) is 9.28. The molecule has 3 amide bonds. The normalized spacial score (nSPS) is 22.1. The van der Waals surface area contributed by atoms with E-state index >= 15 is 0 Å². The minimum atomic E-state index is -0.100. The van der Waals surface area contributed by atoms with Crippen LogP contribution in [0.15, 0.2) is 24.3 Å². The Kier molecular flexibility index (Phi) is 7.94. The maximum absolute atomic E-state index is 13.2. The third-order valence-electron chi connectivity index (χ3n) is 6.04. The molecule has 1 aliphatic heterocycles. The molecule has 2 aliphatic rings. The number of ether oxygens (including phenoxy) is 1. The van der Waals surface area contributed by atoms with Crippen LogP contribution < -0.4 is 11.1 Å². The van der Waals surface area contributed by atoms with Crippen LogP contribution in [0.1, 0.15) is 58.4 Å². The SMILES string of the molecule is CC(C)(C)CC(=O)N(Cc1ccc(NC(=O)N2CCOCC2)cc1)C1CCC(N)CC1. The number of rotatable bonds is 5. The van der Waals surface area contributed by atoms with E-state index in [1.807, 2.05) is 24.3 Å². The number of hydrogen-bond donors (Lipinski definition) is 2. The van der Waals surface area contributed by atoms with E-state index in [-0.39, 0.29) is 29.4 Å². The van der Waals surface area contributed by atoms with Crippen molar-refractivity contribution in [3.05, 3.63) is 29.8 Å². The molecule has 1 aromatic carbocycles. The van der Waals surface area contributed by atoms with Crippen LogP contribution in [0.25, 0.3) is 0 Å². The molecule has 1 aliphatic carbocycles. The van der Waals surface area contributed by atoms with Crippen LogP contribution in [-0.4, -0.2) is 60.1 Å². The standard InChI is InChI=1S/C24H38N4O3/c1-24(2,3)16-22(29)28(21-10-6-19(25)7-11-21)17-18-4-8-20(9-5-18)26-23(30)27-12-14-31-15-13-27/h4-5,8-9,19,21H,6-7,10-17,25H2,1-3H3,(H,26,30). The van der Waals surface area contributed by atoms with E-state index in [4.69, 9.17) is 10.5 Å². The summed E-state index contributed by atoms with van der Waals surface area (Å²) < 4.78 is 5.30. The number of carbonyl (C=O) groups is 2. The van der Waals surface area contributed by atoms with Crippen LogP contribution in [0.2, 0.25) is 0 Å². The van der Waals surface area contributed by atoms with Crippen molar-refractivity contribution in [3.63, 3.8) is 0 Å². The van der Waals surface area contributed by atoms with Crippen LogP contribution in [-0.2, 0) is 16.1 Å². The Hall–Kier alpha value is -2.12. The molecule has 3 N–H and O–H groups in total. The lowest BCUT2D eigenvalue weighted by Gasteiger charge is -2.37. The molecule has 0 spiro atoms. The van der Waals surface area contributed by atoms with Crippen molar-refractivity contribution in [2.24, 2.45) is 11.1 Å². The Morgan fingerprint density at radius 2 is 1.71 bits per heavy atom. The minimum absolute atomic E-state index is 0.0476. The Morgan fingerprint density at radius 1 is 1.10 bits per heavy atom. The number of nitrogens with zero attached hydrogens (tertiary/aromatic N) is 2. The molecule has 7 heteroatoms. The predicted molar refractivity (Wildman–Crippen MR) is 123 cm³/mol. The topological polar surface area (TPSA) is 87.9 Å². The largest absolute Gasteiger partial charge is 0.378 e. The highest BCUT2D eigenvalue weighted by Gasteiger charge is 2.30. The number of nitrogens with two attached hydrogens (primary N) is 1. The van der Waals surface area contributed by atoms with Gasteiger partial charge in [0.15, 0.2) is 0 Å². The summed E-state index contributed by atoms with van der Waals surface area (Å²) in [5, 5.41) is 2.95. The molecule has 31 heavy (non-hydrogen) atoms.